The van der Waals surface area contributed by atoms with Crippen molar-refractivity contribution >= 4 is 17.6 Å². The molecule has 1 N–H and O–H groups in total. The van der Waals surface area contributed by atoms with Crippen LogP contribution in [-0.2, 0) is 4.79 Å². The summed E-state index contributed by atoms with van der Waals surface area (Å²) in [6.07, 6.45) is 4.90. The number of carboxylic acids is 1. The van der Waals surface area contributed by atoms with E-state index >= 15 is 0 Å². The number of aliphatic carboxylic acids is 1. The highest BCUT2D eigenvalue weighted by molar-refractivity contribution is 6.20. The minimum atomic E-state index is -0.722. The van der Waals surface area contributed by atoms with Gasteiger partial charge in [-0.15, -0.1) is 11.6 Å². The molecule has 1 aliphatic carbocycles. The normalized spacial score (nSPS) is 26.9. The molecule has 1 saturated carbocycles. The molecular weight excluding hydrogens is 214 g/mol. The van der Waals surface area contributed by atoms with Gasteiger partial charge >= 0.3 is 5.97 Å². The first-order valence-electron chi connectivity index (χ1n) is 5.62. The smallest absolute Gasteiger partial charge is 0.304 e. The second-order valence-electron chi connectivity index (χ2n) is 4.54. The zero-order valence-corrected chi connectivity index (χ0v) is 10.0. The van der Waals surface area contributed by atoms with E-state index in [1.54, 1.807) is 0 Å². The summed E-state index contributed by atoms with van der Waals surface area (Å²) in [5.74, 6) is -0.0687. The van der Waals surface area contributed by atoms with Crippen LogP contribution in [0.3, 0.4) is 0 Å². The molecule has 1 rings (SSSR count). The molecule has 0 aromatic rings. The van der Waals surface area contributed by atoms with E-state index in [1.807, 2.05) is 7.05 Å². The molecule has 0 aliphatic heterocycles. The standard InChI is InChI=1S/C11H20ClNO2/c1-13(6-5-11(14)15)8-9-3-2-4-10(12)7-9/h9-10H,2-8H2,1H3,(H,14,15). The molecular formula is C11H20ClNO2. The van der Waals surface area contributed by atoms with Crippen molar-refractivity contribution in [3.63, 3.8) is 0 Å². The van der Waals surface area contributed by atoms with Crippen LogP contribution in [-0.4, -0.2) is 41.5 Å². The predicted octanol–water partition coefficient (Wildman–Crippen LogP) is 2.19. The van der Waals surface area contributed by atoms with E-state index in [-0.39, 0.29) is 6.42 Å². The zero-order chi connectivity index (χ0) is 11.3. The molecule has 0 saturated heterocycles. The second kappa shape index (κ2) is 6.33. The number of carbonyl (C=O) groups is 1. The lowest BCUT2D eigenvalue weighted by Crippen LogP contribution is -2.30. The van der Waals surface area contributed by atoms with Crippen molar-refractivity contribution in [3.8, 4) is 0 Å². The fraction of sp³-hybridized carbons (Fsp3) is 0.909. The lowest BCUT2D eigenvalue weighted by molar-refractivity contribution is -0.137. The number of hydrogen-bond acceptors (Lipinski definition) is 2. The number of alkyl halides is 1. The Morgan fingerprint density at radius 1 is 1.53 bits per heavy atom. The predicted molar refractivity (Wildman–Crippen MR) is 61.3 cm³/mol. The van der Waals surface area contributed by atoms with Crippen molar-refractivity contribution in [2.24, 2.45) is 5.92 Å². The first-order chi connectivity index (χ1) is 7.08. The third-order valence-corrected chi connectivity index (χ3v) is 3.39. The maximum atomic E-state index is 10.4. The number of rotatable bonds is 5. The molecule has 1 aliphatic rings. The van der Waals surface area contributed by atoms with Crippen LogP contribution in [0.15, 0.2) is 0 Å². The molecule has 0 bridgehead atoms. The van der Waals surface area contributed by atoms with Gasteiger partial charge in [0.2, 0.25) is 0 Å². The van der Waals surface area contributed by atoms with Gasteiger partial charge in [0.25, 0.3) is 0 Å². The molecule has 4 heteroatoms. The minimum Gasteiger partial charge on any atom is -0.481 e. The van der Waals surface area contributed by atoms with Crippen LogP contribution >= 0.6 is 11.6 Å². The summed E-state index contributed by atoms with van der Waals surface area (Å²) in [7, 11) is 1.99. The van der Waals surface area contributed by atoms with E-state index in [1.165, 1.54) is 12.8 Å². The zero-order valence-electron chi connectivity index (χ0n) is 9.29. The van der Waals surface area contributed by atoms with E-state index < -0.39 is 5.97 Å². The highest BCUT2D eigenvalue weighted by atomic mass is 35.5. The summed E-state index contributed by atoms with van der Waals surface area (Å²) in [6, 6.07) is 0. The van der Waals surface area contributed by atoms with Crippen molar-refractivity contribution < 1.29 is 9.90 Å². The van der Waals surface area contributed by atoms with Crippen LogP contribution in [0.4, 0.5) is 0 Å². The number of nitrogens with zero attached hydrogens (tertiary/aromatic N) is 1. The van der Waals surface area contributed by atoms with Crippen molar-refractivity contribution in [3.05, 3.63) is 0 Å². The van der Waals surface area contributed by atoms with Gasteiger partial charge in [-0.3, -0.25) is 4.79 Å². The largest absolute Gasteiger partial charge is 0.481 e. The molecule has 3 nitrogen and oxygen atoms in total. The number of carboxylic acid groups (broad SMARTS) is 1. The van der Waals surface area contributed by atoms with Crippen molar-refractivity contribution in [1.29, 1.82) is 0 Å². The summed E-state index contributed by atoms with van der Waals surface area (Å²) in [4.78, 5) is 12.5. The first kappa shape index (κ1) is 12.8. The second-order valence-corrected chi connectivity index (χ2v) is 5.15. The third kappa shape index (κ3) is 5.38. The van der Waals surface area contributed by atoms with Gasteiger partial charge in [-0.05, 0) is 32.2 Å². The molecule has 0 heterocycles. The van der Waals surface area contributed by atoms with Crippen LogP contribution in [0, 0.1) is 5.92 Å². The molecule has 0 aromatic carbocycles. The highest BCUT2D eigenvalue weighted by Gasteiger charge is 2.21. The molecule has 15 heavy (non-hydrogen) atoms. The van der Waals surface area contributed by atoms with Gasteiger partial charge in [-0.2, -0.15) is 0 Å². The van der Waals surface area contributed by atoms with E-state index in [0.29, 0.717) is 17.8 Å². The maximum Gasteiger partial charge on any atom is 0.304 e. The lowest BCUT2D eigenvalue weighted by atomic mass is 9.88. The monoisotopic (exact) mass is 233 g/mol. The van der Waals surface area contributed by atoms with Crippen molar-refractivity contribution in [1.82, 2.24) is 4.90 Å². The summed E-state index contributed by atoms with van der Waals surface area (Å²) in [5, 5.41) is 8.89. The highest BCUT2D eigenvalue weighted by Crippen LogP contribution is 2.28. The number of halogens is 1. The Morgan fingerprint density at radius 2 is 2.27 bits per heavy atom. The van der Waals surface area contributed by atoms with Gasteiger partial charge in [-0.25, -0.2) is 0 Å². The molecule has 0 aromatic heterocycles. The summed E-state index contributed by atoms with van der Waals surface area (Å²) in [5.41, 5.74) is 0. The third-order valence-electron chi connectivity index (χ3n) is 3.00. The Morgan fingerprint density at radius 3 is 2.87 bits per heavy atom. The van der Waals surface area contributed by atoms with E-state index in [4.69, 9.17) is 16.7 Å². The summed E-state index contributed by atoms with van der Waals surface area (Å²) in [6.45, 7) is 1.62. The molecule has 2 atom stereocenters. The summed E-state index contributed by atoms with van der Waals surface area (Å²) < 4.78 is 0. The first-order valence-corrected chi connectivity index (χ1v) is 6.06. The number of hydrogen-bond donors (Lipinski definition) is 1. The Bertz CT molecular complexity index is 211. The van der Waals surface area contributed by atoms with Gasteiger partial charge in [0.05, 0.1) is 6.42 Å². The molecule has 0 spiro atoms. The fourth-order valence-electron chi connectivity index (χ4n) is 2.21. The van der Waals surface area contributed by atoms with Gasteiger partial charge in [-0.1, -0.05) is 6.42 Å². The van der Waals surface area contributed by atoms with E-state index in [9.17, 15) is 4.79 Å². The Kier molecular flexibility index (Phi) is 5.40. The average molecular weight is 234 g/mol. The Balaban J connectivity index is 2.18. The summed E-state index contributed by atoms with van der Waals surface area (Å²) >= 11 is 6.11. The topological polar surface area (TPSA) is 40.5 Å². The van der Waals surface area contributed by atoms with Gasteiger partial charge in [0, 0.05) is 18.5 Å². The van der Waals surface area contributed by atoms with Crippen LogP contribution in [0.1, 0.15) is 32.1 Å². The fourth-order valence-corrected chi connectivity index (χ4v) is 2.62. The average Bonchev–Trinajstić information content (AvgIpc) is 2.15. The molecule has 2 unspecified atom stereocenters. The van der Waals surface area contributed by atoms with Crippen LogP contribution in [0.5, 0.6) is 0 Å². The van der Waals surface area contributed by atoms with Crippen molar-refractivity contribution in [2.45, 2.75) is 37.5 Å². The van der Waals surface area contributed by atoms with Crippen LogP contribution in [0.2, 0.25) is 0 Å². The molecule has 0 amide bonds. The SMILES string of the molecule is CN(CCC(=O)O)CC1CCCC(Cl)C1. The maximum absolute atomic E-state index is 10.4. The minimum absolute atomic E-state index is 0.230. The van der Waals surface area contributed by atoms with Crippen LogP contribution < -0.4 is 0 Å². The Labute approximate surface area is 96.4 Å². The van der Waals surface area contributed by atoms with Crippen LogP contribution in [0.25, 0.3) is 0 Å². The Hall–Kier alpha value is -0.280. The lowest BCUT2D eigenvalue weighted by Gasteiger charge is -2.29. The van der Waals surface area contributed by atoms with Gasteiger partial charge in [0.1, 0.15) is 0 Å². The molecule has 1 fully saturated rings. The van der Waals surface area contributed by atoms with E-state index in [0.717, 1.165) is 19.4 Å². The molecule has 0 radical (unpaired) electrons. The van der Waals surface area contributed by atoms with E-state index in [2.05, 4.69) is 4.90 Å². The van der Waals surface area contributed by atoms with Gasteiger partial charge < -0.3 is 10.0 Å². The molecule has 88 valence electrons. The van der Waals surface area contributed by atoms with Crippen molar-refractivity contribution in [2.75, 3.05) is 20.1 Å². The van der Waals surface area contributed by atoms with Gasteiger partial charge in [0.15, 0.2) is 0 Å². The quantitative estimate of drug-likeness (QED) is 0.741.